The number of rotatable bonds is 2. The van der Waals surface area contributed by atoms with Crippen LogP contribution in [0.5, 0.6) is 0 Å². The number of amides is 1. The van der Waals surface area contributed by atoms with Crippen molar-refractivity contribution in [2.75, 3.05) is 13.1 Å². The third-order valence-corrected chi connectivity index (χ3v) is 3.82. The van der Waals surface area contributed by atoms with Gasteiger partial charge in [0, 0.05) is 25.4 Å². The van der Waals surface area contributed by atoms with Crippen molar-refractivity contribution in [3.05, 3.63) is 0 Å². The van der Waals surface area contributed by atoms with Gasteiger partial charge in [0.1, 0.15) is 0 Å². The minimum absolute atomic E-state index is 0.223. The quantitative estimate of drug-likeness (QED) is 0.617. The molecule has 4 heteroatoms. The van der Waals surface area contributed by atoms with E-state index in [1.54, 1.807) is 4.90 Å². The Morgan fingerprint density at radius 3 is 2.73 bits per heavy atom. The maximum absolute atomic E-state index is 11.4. The lowest BCUT2D eigenvalue weighted by Crippen LogP contribution is -2.35. The predicted molar refractivity (Wildman–Crippen MR) is 52.2 cm³/mol. The van der Waals surface area contributed by atoms with E-state index in [-0.39, 0.29) is 11.7 Å². The van der Waals surface area contributed by atoms with Crippen LogP contribution in [0.2, 0.25) is 0 Å². The third kappa shape index (κ3) is 1.47. The first kappa shape index (κ1) is 9.33. The summed E-state index contributed by atoms with van der Waals surface area (Å²) in [7, 11) is 0. The van der Waals surface area contributed by atoms with Gasteiger partial charge in [0.05, 0.1) is 12.2 Å². The summed E-state index contributed by atoms with van der Waals surface area (Å²) in [6.45, 7) is 1.34. The fourth-order valence-electron chi connectivity index (χ4n) is 3.01. The molecule has 1 amide bonds. The molecule has 3 rings (SSSR count). The normalized spacial score (nSPS) is 39.5. The Kier molecular flexibility index (Phi) is 2.06. The molecule has 3 aliphatic heterocycles. The molecule has 3 aliphatic rings. The average molecular weight is 209 g/mol. The van der Waals surface area contributed by atoms with E-state index >= 15 is 0 Å². The van der Waals surface area contributed by atoms with Gasteiger partial charge in [-0.2, -0.15) is 0 Å². The van der Waals surface area contributed by atoms with E-state index in [9.17, 15) is 9.59 Å². The van der Waals surface area contributed by atoms with E-state index in [4.69, 9.17) is 4.74 Å². The summed E-state index contributed by atoms with van der Waals surface area (Å²) in [6.07, 6.45) is 4.55. The first-order valence-corrected chi connectivity index (χ1v) is 5.71. The lowest BCUT2D eigenvalue weighted by atomic mass is 9.89. The van der Waals surface area contributed by atoms with E-state index in [1.807, 2.05) is 0 Å². The average Bonchev–Trinajstić information content (AvgIpc) is 2.89. The second kappa shape index (κ2) is 3.30. The summed E-state index contributed by atoms with van der Waals surface area (Å²) in [4.78, 5) is 24.2. The van der Waals surface area contributed by atoms with Crippen LogP contribution in [0.1, 0.15) is 25.7 Å². The van der Waals surface area contributed by atoms with E-state index in [1.165, 1.54) is 6.42 Å². The molecule has 3 unspecified atom stereocenters. The van der Waals surface area contributed by atoms with Crippen molar-refractivity contribution in [3.8, 4) is 0 Å². The predicted octanol–water partition coefficient (Wildman–Crippen LogP) is 0.355. The number of hydrogen-bond acceptors (Lipinski definition) is 3. The zero-order chi connectivity index (χ0) is 10.4. The van der Waals surface area contributed by atoms with E-state index in [0.29, 0.717) is 31.1 Å². The van der Waals surface area contributed by atoms with Gasteiger partial charge in [-0.3, -0.25) is 9.59 Å². The standard InChI is InChI=1S/C11H15NO3/c13-9-3-4-12(11(9)14)6-7-5-8-1-2-10(7)15-8/h7-8,10H,1-6H2. The molecule has 0 aliphatic carbocycles. The molecule has 0 saturated carbocycles. The number of nitrogens with zero attached hydrogens (tertiary/aromatic N) is 1. The number of Topliss-reactive ketones (excluding diaryl/α,β-unsaturated/α-hetero) is 1. The Bertz CT molecular complexity index is 315. The molecule has 0 aromatic heterocycles. The van der Waals surface area contributed by atoms with Crippen molar-refractivity contribution in [3.63, 3.8) is 0 Å². The van der Waals surface area contributed by atoms with Crippen LogP contribution in [0.3, 0.4) is 0 Å². The number of carbonyl (C=O) groups is 2. The molecule has 0 aromatic rings. The first-order chi connectivity index (χ1) is 7.24. The zero-order valence-corrected chi connectivity index (χ0v) is 8.65. The summed E-state index contributed by atoms with van der Waals surface area (Å²) in [5, 5.41) is 0. The molecular formula is C11H15NO3. The monoisotopic (exact) mass is 209 g/mol. The molecule has 3 saturated heterocycles. The van der Waals surface area contributed by atoms with Crippen molar-refractivity contribution in [2.24, 2.45) is 5.92 Å². The molecule has 4 nitrogen and oxygen atoms in total. The van der Waals surface area contributed by atoms with Gasteiger partial charge in [0.2, 0.25) is 5.78 Å². The number of likely N-dealkylation sites (tertiary alicyclic amines) is 1. The molecule has 2 bridgehead atoms. The molecular weight excluding hydrogens is 194 g/mol. The highest BCUT2D eigenvalue weighted by Crippen LogP contribution is 2.39. The van der Waals surface area contributed by atoms with Crippen molar-refractivity contribution in [1.29, 1.82) is 0 Å². The van der Waals surface area contributed by atoms with Crippen molar-refractivity contribution < 1.29 is 14.3 Å². The van der Waals surface area contributed by atoms with E-state index in [2.05, 4.69) is 0 Å². The van der Waals surface area contributed by atoms with Crippen LogP contribution in [0, 0.1) is 5.92 Å². The Labute approximate surface area is 88.6 Å². The molecule has 0 N–H and O–H groups in total. The SMILES string of the molecule is O=C1CCN(CC2CC3CCC2O3)C1=O. The highest BCUT2D eigenvalue weighted by atomic mass is 16.5. The van der Waals surface area contributed by atoms with Crippen LogP contribution in [0.4, 0.5) is 0 Å². The van der Waals surface area contributed by atoms with E-state index in [0.717, 1.165) is 19.4 Å². The Hall–Kier alpha value is -0.900. The van der Waals surface area contributed by atoms with Gasteiger partial charge in [-0.15, -0.1) is 0 Å². The van der Waals surface area contributed by atoms with Gasteiger partial charge in [0.25, 0.3) is 5.91 Å². The van der Waals surface area contributed by atoms with Gasteiger partial charge in [0.15, 0.2) is 0 Å². The number of hydrogen-bond donors (Lipinski definition) is 0. The minimum atomic E-state index is -0.280. The third-order valence-electron chi connectivity index (χ3n) is 3.82. The molecule has 3 heterocycles. The van der Waals surface area contributed by atoms with Gasteiger partial charge in [-0.05, 0) is 19.3 Å². The number of carbonyl (C=O) groups excluding carboxylic acids is 2. The van der Waals surface area contributed by atoms with Gasteiger partial charge in [-0.1, -0.05) is 0 Å². The largest absolute Gasteiger partial charge is 0.375 e. The van der Waals surface area contributed by atoms with Crippen LogP contribution in [-0.2, 0) is 14.3 Å². The van der Waals surface area contributed by atoms with Crippen molar-refractivity contribution >= 4 is 11.7 Å². The molecule has 3 atom stereocenters. The molecule has 15 heavy (non-hydrogen) atoms. The first-order valence-electron chi connectivity index (χ1n) is 5.71. The molecule has 0 aromatic carbocycles. The smallest absolute Gasteiger partial charge is 0.290 e. The molecule has 0 radical (unpaired) electrons. The number of ether oxygens (including phenoxy) is 1. The van der Waals surface area contributed by atoms with Gasteiger partial charge in [-0.25, -0.2) is 0 Å². The van der Waals surface area contributed by atoms with Gasteiger partial charge >= 0.3 is 0 Å². The summed E-state index contributed by atoms with van der Waals surface area (Å²) in [5.74, 6) is -0.0320. The maximum atomic E-state index is 11.4. The summed E-state index contributed by atoms with van der Waals surface area (Å²) < 4.78 is 5.73. The van der Waals surface area contributed by atoms with Gasteiger partial charge < -0.3 is 9.64 Å². The fraction of sp³-hybridized carbons (Fsp3) is 0.818. The topological polar surface area (TPSA) is 46.6 Å². The van der Waals surface area contributed by atoms with Crippen molar-refractivity contribution in [2.45, 2.75) is 37.9 Å². The second-order valence-electron chi connectivity index (χ2n) is 4.79. The Morgan fingerprint density at radius 1 is 1.33 bits per heavy atom. The Balaban J connectivity index is 1.62. The molecule has 0 spiro atoms. The maximum Gasteiger partial charge on any atom is 0.290 e. The zero-order valence-electron chi connectivity index (χ0n) is 8.65. The lowest BCUT2D eigenvalue weighted by molar-refractivity contribution is -0.140. The summed E-state index contributed by atoms with van der Waals surface area (Å²) >= 11 is 0. The van der Waals surface area contributed by atoms with Crippen LogP contribution in [0.25, 0.3) is 0 Å². The molecule has 82 valence electrons. The van der Waals surface area contributed by atoms with Crippen LogP contribution >= 0.6 is 0 Å². The second-order valence-corrected chi connectivity index (χ2v) is 4.79. The molecule has 3 fully saturated rings. The highest BCUT2D eigenvalue weighted by Gasteiger charge is 2.43. The number of fused-ring (bicyclic) bond motifs is 2. The van der Waals surface area contributed by atoms with Crippen LogP contribution in [0.15, 0.2) is 0 Å². The van der Waals surface area contributed by atoms with Crippen LogP contribution in [-0.4, -0.2) is 41.9 Å². The Morgan fingerprint density at radius 2 is 2.20 bits per heavy atom. The van der Waals surface area contributed by atoms with Crippen LogP contribution < -0.4 is 0 Å². The van der Waals surface area contributed by atoms with Crippen molar-refractivity contribution in [1.82, 2.24) is 4.90 Å². The lowest BCUT2D eigenvalue weighted by Gasteiger charge is -2.24. The van der Waals surface area contributed by atoms with E-state index < -0.39 is 0 Å². The number of ketones is 1. The summed E-state index contributed by atoms with van der Waals surface area (Å²) in [6, 6.07) is 0. The minimum Gasteiger partial charge on any atom is -0.375 e. The fourth-order valence-corrected chi connectivity index (χ4v) is 3.01. The summed E-state index contributed by atoms with van der Waals surface area (Å²) in [5.41, 5.74) is 0. The highest BCUT2D eigenvalue weighted by molar-refractivity contribution is 6.37.